The van der Waals surface area contributed by atoms with E-state index in [1.807, 2.05) is 35.8 Å². The average molecular weight is 357 g/mol. The van der Waals surface area contributed by atoms with E-state index >= 15 is 0 Å². The number of carbonyl (C=O) groups is 1. The summed E-state index contributed by atoms with van der Waals surface area (Å²) in [6.07, 6.45) is 4.90. The number of halogens is 1. The molecule has 0 aliphatic heterocycles. The van der Waals surface area contributed by atoms with Crippen molar-refractivity contribution in [2.24, 2.45) is 0 Å². The molecule has 0 fully saturated rings. The van der Waals surface area contributed by atoms with Crippen LogP contribution >= 0.6 is 11.6 Å². The Bertz CT molecular complexity index is 862. The highest BCUT2D eigenvalue weighted by atomic mass is 35.5. The number of hydrogen-bond acceptors (Lipinski definition) is 4. The van der Waals surface area contributed by atoms with Gasteiger partial charge in [0.2, 0.25) is 5.88 Å². The van der Waals surface area contributed by atoms with Crippen LogP contribution in [-0.2, 0) is 6.54 Å². The molecule has 0 saturated carbocycles. The lowest BCUT2D eigenvalue weighted by atomic mass is 10.2. The van der Waals surface area contributed by atoms with Crippen LogP contribution in [0.4, 0.5) is 5.82 Å². The Labute approximate surface area is 150 Å². The van der Waals surface area contributed by atoms with E-state index in [-0.39, 0.29) is 5.91 Å². The molecule has 128 valence electrons. The van der Waals surface area contributed by atoms with Crippen molar-refractivity contribution >= 4 is 23.3 Å². The summed E-state index contributed by atoms with van der Waals surface area (Å²) in [5, 5.41) is 3.44. The van der Waals surface area contributed by atoms with Gasteiger partial charge in [-0.2, -0.15) is 0 Å². The van der Waals surface area contributed by atoms with Gasteiger partial charge in [-0.1, -0.05) is 23.7 Å². The van der Waals surface area contributed by atoms with Crippen LogP contribution in [0.5, 0.6) is 5.88 Å². The zero-order chi connectivity index (χ0) is 17.6. The number of benzene rings is 1. The second kappa shape index (κ2) is 7.81. The molecule has 3 rings (SSSR count). The largest absolute Gasteiger partial charge is 0.478 e. The minimum absolute atomic E-state index is 0.274. The van der Waals surface area contributed by atoms with Gasteiger partial charge in [-0.3, -0.25) is 4.79 Å². The molecule has 0 aliphatic carbocycles. The van der Waals surface area contributed by atoms with Crippen LogP contribution in [0.1, 0.15) is 22.8 Å². The Morgan fingerprint density at radius 3 is 2.88 bits per heavy atom. The summed E-state index contributed by atoms with van der Waals surface area (Å²) in [7, 11) is 0. The normalized spacial score (nSPS) is 10.5. The third kappa shape index (κ3) is 4.58. The van der Waals surface area contributed by atoms with Crippen LogP contribution in [-0.4, -0.2) is 27.0 Å². The van der Waals surface area contributed by atoms with Crippen LogP contribution in [0.15, 0.2) is 55.1 Å². The monoisotopic (exact) mass is 356 g/mol. The minimum Gasteiger partial charge on any atom is -0.478 e. The molecule has 2 heterocycles. The summed E-state index contributed by atoms with van der Waals surface area (Å²) in [4.78, 5) is 20.5. The number of ether oxygens (including phenoxy) is 1. The van der Waals surface area contributed by atoms with Crippen molar-refractivity contribution in [3.05, 3.63) is 71.3 Å². The first kappa shape index (κ1) is 17.0. The lowest BCUT2D eigenvalue weighted by molar-refractivity contribution is 0.102. The number of hydrogen-bond donors (Lipinski definition) is 1. The van der Waals surface area contributed by atoms with Crippen molar-refractivity contribution in [3.63, 3.8) is 0 Å². The predicted octanol–water partition coefficient (Wildman–Crippen LogP) is 3.63. The van der Waals surface area contributed by atoms with Crippen molar-refractivity contribution in [1.82, 2.24) is 14.5 Å². The summed E-state index contributed by atoms with van der Waals surface area (Å²) in [5.41, 5.74) is 1.49. The van der Waals surface area contributed by atoms with E-state index in [2.05, 4.69) is 15.3 Å². The summed E-state index contributed by atoms with van der Waals surface area (Å²) in [5.74, 6) is 0.689. The molecule has 7 heteroatoms. The molecule has 2 aromatic heterocycles. The highest BCUT2D eigenvalue weighted by Gasteiger charge is 2.09. The van der Waals surface area contributed by atoms with Crippen molar-refractivity contribution in [3.8, 4) is 5.88 Å². The van der Waals surface area contributed by atoms with E-state index in [1.54, 1.807) is 24.7 Å². The number of imidazole rings is 1. The molecule has 1 aromatic carbocycles. The summed E-state index contributed by atoms with van der Waals surface area (Å²) in [6.45, 7) is 3.03. The number of amides is 1. The average Bonchev–Trinajstić information content (AvgIpc) is 3.02. The maximum Gasteiger partial charge on any atom is 0.258 e. The molecule has 0 saturated heterocycles. The maximum absolute atomic E-state index is 12.2. The maximum atomic E-state index is 12.2. The number of pyridine rings is 1. The standard InChI is InChI=1S/C18H17ClN4O2/c1-2-25-17-7-6-14(9-20-17)18(24)22-16-11-23(12-21-16)10-13-4-3-5-15(19)8-13/h3-9,11-12H,2,10H2,1H3,(H,22,24). The molecule has 1 N–H and O–H groups in total. The van der Waals surface area contributed by atoms with Gasteiger partial charge in [0, 0.05) is 30.0 Å². The molecule has 0 atom stereocenters. The summed E-state index contributed by atoms with van der Waals surface area (Å²) in [6, 6.07) is 10.9. The Balaban J connectivity index is 1.63. The Morgan fingerprint density at radius 2 is 2.16 bits per heavy atom. The van der Waals surface area contributed by atoms with Crippen molar-refractivity contribution in [2.75, 3.05) is 11.9 Å². The zero-order valence-electron chi connectivity index (χ0n) is 13.6. The molecule has 25 heavy (non-hydrogen) atoms. The quantitative estimate of drug-likeness (QED) is 0.732. The molecule has 0 radical (unpaired) electrons. The molecule has 3 aromatic rings. The number of anilines is 1. The first-order valence-electron chi connectivity index (χ1n) is 7.80. The predicted molar refractivity (Wildman–Crippen MR) is 96.1 cm³/mol. The van der Waals surface area contributed by atoms with Crippen molar-refractivity contribution < 1.29 is 9.53 Å². The summed E-state index contributed by atoms with van der Waals surface area (Å²) >= 11 is 5.99. The second-order valence-electron chi connectivity index (χ2n) is 5.33. The second-order valence-corrected chi connectivity index (χ2v) is 5.77. The van der Waals surface area contributed by atoms with Gasteiger partial charge in [-0.05, 0) is 30.7 Å². The van der Waals surface area contributed by atoms with Crippen molar-refractivity contribution in [2.45, 2.75) is 13.5 Å². The fourth-order valence-corrected chi connectivity index (χ4v) is 2.51. The molecule has 1 amide bonds. The number of aromatic nitrogens is 3. The minimum atomic E-state index is -0.274. The fraction of sp³-hybridized carbons (Fsp3) is 0.167. The third-order valence-electron chi connectivity index (χ3n) is 3.42. The SMILES string of the molecule is CCOc1ccc(C(=O)Nc2cn(Cc3cccc(Cl)c3)cn2)cn1. The molecule has 0 spiro atoms. The van der Waals surface area contributed by atoms with Gasteiger partial charge in [-0.15, -0.1) is 0 Å². The van der Waals surface area contributed by atoms with E-state index in [0.29, 0.717) is 35.4 Å². The topological polar surface area (TPSA) is 69.0 Å². The molecule has 0 bridgehead atoms. The lowest BCUT2D eigenvalue weighted by Crippen LogP contribution is -2.12. The Morgan fingerprint density at radius 1 is 1.28 bits per heavy atom. The van der Waals surface area contributed by atoms with Crippen LogP contribution in [0, 0.1) is 0 Å². The first-order chi connectivity index (χ1) is 12.1. The lowest BCUT2D eigenvalue weighted by Gasteiger charge is -2.04. The summed E-state index contributed by atoms with van der Waals surface area (Å²) < 4.78 is 7.13. The molecular formula is C18H17ClN4O2. The van der Waals surface area contributed by atoms with Gasteiger partial charge < -0.3 is 14.6 Å². The molecular weight excluding hydrogens is 340 g/mol. The molecule has 6 nitrogen and oxygen atoms in total. The number of rotatable bonds is 6. The Kier molecular flexibility index (Phi) is 5.30. The number of nitrogens with one attached hydrogen (secondary N) is 1. The van der Waals surface area contributed by atoms with E-state index < -0.39 is 0 Å². The Hall–Kier alpha value is -2.86. The number of nitrogens with zero attached hydrogens (tertiary/aromatic N) is 3. The van der Waals surface area contributed by atoms with Gasteiger partial charge in [0.05, 0.1) is 18.5 Å². The van der Waals surface area contributed by atoms with E-state index in [9.17, 15) is 4.79 Å². The highest BCUT2D eigenvalue weighted by molar-refractivity contribution is 6.30. The van der Waals surface area contributed by atoms with Crippen LogP contribution < -0.4 is 10.1 Å². The highest BCUT2D eigenvalue weighted by Crippen LogP contribution is 2.14. The smallest absolute Gasteiger partial charge is 0.258 e. The van der Waals surface area contributed by atoms with Crippen LogP contribution in [0.3, 0.4) is 0 Å². The van der Waals surface area contributed by atoms with Gasteiger partial charge in [-0.25, -0.2) is 9.97 Å². The van der Waals surface area contributed by atoms with Gasteiger partial charge in [0.25, 0.3) is 5.91 Å². The van der Waals surface area contributed by atoms with E-state index in [4.69, 9.17) is 16.3 Å². The third-order valence-corrected chi connectivity index (χ3v) is 3.65. The molecule has 0 unspecified atom stereocenters. The van der Waals surface area contributed by atoms with Gasteiger partial charge >= 0.3 is 0 Å². The van der Waals surface area contributed by atoms with Gasteiger partial charge in [0.1, 0.15) is 0 Å². The first-order valence-corrected chi connectivity index (χ1v) is 8.18. The zero-order valence-corrected chi connectivity index (χ0v) is 14.4. The van der Waals surface area contributed by atoms with Gasteiger partial charge in [0.15, 0.2) is 5.82 Å². The van der Waals surface area contributed by atoms with E-state index in [1.165, 1.54) is 6.20 Å². The molecule has 0 aliphatic rings. The van der Waals surface area contributed by atoms with E-state index in [0.717, 1.165) is 5.56 Å². The fourth-order valence-electron chi connectivity index (χ4n) is 2.29. The number of carbonyl (C=O) groups excluding carboxylic acids is 1. The van der Waals surface area contributed by atoms with Crippen molar-refractivity contribution in [1.29, 1.82) is 0 Å². The van der Waals surface area contributed by atoms with Crippen LogP contribution in [0.2, 0.25) is 5.02 Å². The van der Waals surface area contributed by atoms with Crippen LogP contribution in [0.25, 0.3) is 0 Å².